The van der Waals surface area contributed by atoms with Crippen molar-refractivity contribution in [2.75, 3.05) is 13.1 Å². The molecule has 2 atom stereocenters. The second-order valence-electron chi connectivity index (χ2n) is 6.69. The topological polar surface area (TPSA) is 78.6 Å². The molecule has 24 heavy (non-hydrogen) atoms. The van der Waals surface area contributed by atoms with Crippen molar-refractivity contribution < 1.29 is 14.3 Å². The molecule has 6 heteroatoms. The molecule has 0 aliphatic carbocycles. The number of hydrogen-bond acceptors (Lipinski definition) is 5. The van der Waals surface area contributed by atoms with Crippen molar-refractivity contribution in [3.8, 4) is 17.1 Å². The molecule has 126 valence electrons. The van der Waals surface area contributed by atoms with Crippen LogP contribution in [0.2, 0.25) is 0 Å². The van der Waals surface area contributed by atoms with Crippen LogP contribution < -0.4 is 5.32 Å². The van der Waals surface area contributed by atoms with Crippen LogP contribution in [-0.4, -0.2) is 46.1 Å². The molecule has 0 unspecified atom stereocenters. The summed E-state index contributed by atoms with van der Waals surface area (Å²) in [7, 11) is 0. The number of aromatic nitrogens is 1. The highest BCUT2D eigenvalue weighted by Crippen LogP contribution is 2.32. The molecule has 2 aromatic rings. The van der Waals surface area contributed by atoms with E-state index < -0.39 is 0 Å². The van der Waals surface area contributed by atoms with Crippen LogP contribution >= 0.6 is 0 Å². The number of amides is 1. The predicted octanol–water partition coefficient (Wildman–Crippen LogP) is 2.26. The van der Waals surface area contributed by atoms with Crippen LogP contribution in [0.5, 0.6) is 5.75 Å². The summed E-state index contributed by atoms with van der Waals surface area (Å²) in [6.07, 6.45) is 3.82. The molecule has 4 heterocycles. The number of carbonyl (C=O) groups excluding carboxylic acids is 1. The number of carbonyl (C=O) groups is 1. The highest BCUT2D eigenvalue weighted by molar-refractivity contribution is 5.90. The quantitative estimate of drug-likeness (QED) is 0.904. The fourth-order valence-electron chi connectivity index (χ4n) is 3.90. The van der Waals surface area contributed by atoms with Gasteiger partial charge in [0.15, 0.2) is 5.76 Å². The van der Waals surface area contributed by atoms with Gasteiger partial charge in [-0.2, -0.15) is 0 Å². The van der Waals surface area contributed by atoms with E-state index in [4.69, 9.17) is 4.42 Å². The molecule has 3 aliphatic rings. The molecule has 1 aromatic heterocycles. The summed E-state index contributed by atoms with van der Waals surface area (Å²) in [6.45, 7) is 4.43. The van der Waals surface area contributed by atoms with Crippen molar-refractivity contribution in [1.82, 2.24) is 15.2 Å². The SMILES string of the molecule is C[C@H]1[C@H](NC(=O)c2ncc(-c3ccc(O)cc3)o2)C2CCN1CC2. The van der Waals surface area contributed by atoms with Crippen LogP contribution in [0.4, 0.5) is 0 Å². The van der Waals surface area contributed by atoms with Gasteiger partial charge in [-0.1, -0.05) is 0 Å². The van der Waals surface area contributed by atoms with Crippen LogP contribution in [-0.2, 0) is 0 Å². The Morgan fingerprint density at radius 1 is 1.29 bits per heavy atom. The first-order valence-electron chi connectivity index (χ1n) is 8.42. The average Bonchev–Trinajstić information content (AvgIpc) is 3.09. The van der Waals surface area contributed by atoms with Gasteiger partial charge in [0.2, 0.25) is 0 Å². The minimum absolute atomic E-state index is 0.0849. The number of fused-ring (bicyclic) bond motifs is 3. The van der Waals surface area contributed by atoms with Gasteiger partial charge in [-0.05, 0) is 63.0 Å². The third-order valence-corrected chi connectivity index (χ3v) is 5.33. The standard InChI is InChI=1S/C18H21N3O3/c1-11-16(13-6-8-21(11)9-7-13)20-17(23)18-19-10-15(24-18)12-2-4-14(22)5-3-12/h2-5,10-11,13,16,22H,6-9H2,1H3,(H,20,23)/t11-,16-/m0/s1. The van der Waals surface area contributed by atoms with Crippen LogP contribution in [0.3, 0.4) is 0 Å². The van der Waals surface area contributed by atoms with E-state index in [9.17, 15) is 9.90 Å². The molecule has 3 aliphatic heterocycles. The minimum Gasteiger partial charge on any atom is -0.508 e. The smallest absolute Gasteiger partial charge is 0.307 e. The number of nitrogens with one attached hydrogen (secondary N) is 1. The van der Waals surface area contributed by atoms with E-state index in [0.717, 1.165) is 31.5 Å². The summed E-state index contributed by atoms with van der Waals surface area (Å²) >= 11 is 0. The second kappa shape index (κ2) is 5.94. The molecule has 0 spiro atoms. The van der Waals surface area contributed by atoms with E-state index in [-0.39, 0.29) is 23.6 Å². The fourth-order valence-corrected chi connectivity index (χ4v) is 3.90. The summed E-state index contributed by atoms with van der Waals surface area (Å²) in [5, 5.41) is 12.5. The average molecular weight is 327 g/mol. The van der Waals surface area contributed by atoms with E-state index in [1.165, 1.54) is 0 Å². The van der Waals surface area contributed by atoms with E-state index in [0.29, 0.717) is 17.7 Å². The monoisotopic (exact) mass is 327 g/mol. The van der Waals surface area contributed by atoms with Gasteiger partial charge < -0.3 is 14.8 Å². The maximum atomic E-state index is 12.5. The molecule has 1 amide bonds. The second-order valence-corrected chi connectivity index (χ2v) is 6.69. The molecular weight excluding hydrogens is 306 g/mol. The molecular formula is C18H21N3O3. The Balaban J connectivity index is 1.48. The summed E-state index contributed by atoms with van der Waals surface area (Å²) in [5.41, 5.74) is 0.774. The Morgan fingerprint density at radius 3 is 2.67 bits per heavy atom. The number of oxazole rings is 1. The summed E-state index contributed by atoms with van der Waals surface area (Å²) in [6, 6.07) is 7.12. The van der Waals surface area contributed by atoms with Crippen molar-refractivity contribution >= 4 is 5.91 Å². The lowest BCUT2D eigenvalue weighted by Gasteiger charge is -2.49. The van der Waals surface area contributed by atoms with Gasteiger partial charge >= 0.3 is 5.91 Å². The molecule has 2 N–H and O–H groups in total. The van der Waals surface area contributed by atoms with Gasteiger partial charge in [-0.15, -0.1) is 0 Å². The summed E-state index contributed by atoms with van der Waals surface area (Å²) in [5.74, 6) is 1.07. The Labute approximate surface area is 140 Å². The lowest BCUT2D eigenvalue weighted by atomic mass is 9.79. The van der Waals surface area contributed by atoms with Gasteiger partial charge in [0, 0.05) is 17.6 Å². The number of phenolic OH excluding ortho intramolecular Hbond substituents is 1. The van der Waals surface area contributed by atoms with E-state index in [2.05, 4.69) is 22.1 Å². The molecule has 3 saturated heterocycles. The van der Waals surface area contributed by atoms with Crippen molar-refractivity contribution in [2.24, 2.45) is 5.92 Å². The molecule has 2 bridgehead atoms. The number of nitrogens with zero attached hydrogens (tertiary/aromatic N) is 2. The third kappa shape index (κ3) is 2.67. The van der Waals surface area contributed by atoms with Crippen molar-refractivity contribution in [2.45, 2.75) is 31.8 Å². The summed E-state index contributed by atoms with van der Waals surface area (Å²) < 4.78 is 5.61. The predicted molar refractivity (Wildman–Crippen MR) is 88.6 cm³/mol. The molecule has 3 fully saturated rings. The first-order valence-corrected chi connectivity index (χ1v) is 8.42. The van der Waals surface area contributed by atoms with Crippen LogP contribution in [0.15, 0.2) is 34.9 Å². The van der Waals surface area contributed by atoms with Gasteiger partial charge in [0.1, 0.15) is 5.75 Å². The largest absolute Gasteiger partial charge is 0.508 e. The first-order chi connectivity index (χ1) is 11.6. The Kier molecular flexibility index (Phi) is 3.76. The number of rotatable bonds is 3. The molecule has 1 aromatic carbocycles. The zero-order chi connectivity index (χ0) is 16.7. The molecule has 0 saturated carbocycles. The van der Waals surface area contributed by atoms with Crippen molar-refractivity contribution in [3.05, 3.63) is 36.4 Å². The number of benzene rings is 1. The number of phenols is 1. The number of piperidine rings is 3. The molecule has 6 nitrogen and oxygen atoms in total. The molecule has 5 rings (SSSR count). The van der Waals surface area contributed by atoms with Crippen molar-refractivity contribution in [3.63, 3.8) is 0 Å². The number of hydrogen-bond donors (Lipinski definition) is 2. The van der Waals surface area contributed by atoms with E-state index >= 15 is 0 Å². The van der Waals surface area contributed by atoms with E-state index in [1.807, 2.05) is 0 Å². The zero-order valence-electron chi connectivity index (χ0n) is 13.6. The maximum Gasteiger partial charge on any atom is 0.307 e. The van der Waals surface area contributed by atoms with Gasteiger partial charge in [0.25, 0.3) is 5.89 Å². The maximum absolute atomic E-state index is 12.5. The van der Waals surface area contributed by atoms with Gasteiger partial charge in [-0.3, -0.25) is 9.69 Å². The first kappa shape index (κ1) is 15.2. The Morgan fingerprint density at radius 2 is 2.00 bits per heavy atom. The highest BCUT2D eigenvalue weighted by atomic mass is 16.4. The summed E-state index contributed by atoms with van der Waals surface area (Å²) in [4.78, 5) is 19.1. The van der Waals surface area contributed by atoms with Crippen LogP contribution in [0, 0.1) is 5.92 Å². The van der Waals surface area contributed by atoms with Crippen LogP contribution in [0.1, 0.15) is 30.5 Å². The normalized spacial score (nSPS) is 28.7. The van der Waals surface area contributed by atoms with Gasteiger partial charge in [-0.25, -0.2) is 4.98 Å². The highest BCUT2D eigenvalue weighted by Gasteiger charge is 2.40. The third-order valence-electron chi connectivity index (χ3n) is 5.33. The zero-order valence-corrected chi connectivity index (χ0v) is 13.6. The van der Waals surface area contributed by atoms with Gasteiger partial charge in [0.05, 0.1) is 6.20 Å². The van der Waals surface area contributed by atoms with Crippen molar-refractivity contribution in [1.29, 1.82) is 0 Å². The van der Waals surface area contributed by atoms with Crippen LogP contribution in [0.25, 0.3) is 11.3 Å². The fraction of sp³-hybridized carbons (Fsp3) is 0.444. The lowest BCUT2D eigenvalue weighted by Crippen LogP contribution is -2.62. The Bertz CT molecular complexity index is 730. The van der Waals surface area contributed by atoms with E-state index in [1.54, 1.807) is 30.5 Å². The molecule has 0 radical (unpaired) electrons. The number of aromatic hydroxyl groups is 1. The Hall–Kier alpha value is -2.34. The minimum atomic E-state index is -0.259. The lowest BCUT2D eigenvalue weighted by molar-refractivity contribution is 0.0210.